The molecule has 2 aromatic rings. The highest BCUT2D eigenvalue weighted by Crippen LogP contribution is 2.35. The first kappa shape index (κ1) is 15.2. The Balaban J connectivity index is 1.65. The maximum absolute atomic E-state index is 12.3. The van der Waals surface area contributed by atoms with E-state index in [2.05, 4.69) is 16.5 Å². The second kappa shape index (κ2) is 6.58. The summed E-state index contributed by atoms with van der Waals surface area (Å²) in [6.07, 6.45) is 2.52. The Hall–Kier alpha value is -1.72. The highest BCUT2D eigenvalue weighted by molar-refractivity contribution is 7.03. The summed E-state index contributed by atoms with van der Waals surface area (Å²) in [6.45, 7) is 1.54. The van der Waals surface area contributed by atoms with Crippen LogP contribution < -0.4 is 0 Å². The average Bonchev–Trinajstić information content (AvgIpc) is 3.10. The number of amides is 1. The van der Waals surface area contributed by atoms with Gasteiger partial charge in [0.25, 0.3) is 5.91 Å². The van der Waals surface area contributed by atoms with Crippen LogP contribution in [-0.2, 0) is 6.42 Å². The summed E-state index contributed by atoms with van der Waals surface area (Å²) in [7, 11) is 0. The monoisotopic (exact) mass is 316 g/mol. The Morgan fingerprint density at radius 2 is 1.95 bits per heavy atom. The van der Waals surface area contributed by atoms with Crippen LogP contribution in [0.1, 0.15) is 28.9 Å². The van der Waals surface area contributed by atoms with Crippen LogP contribution in [0.15, 0.2) is 41.8 Å². The predicted octanol–water partition coefficient (Wildman–Crippen LogP) is 2.60. The molecule has 0 spiro atoms. The van der Waals surface area contributed by atoms with Crippen LogP contribution in [0.5, 0.6) is 0 Å². The number of nitrogens with zero attached hydrogens (tertiary/aromatic N) is 2. The van der Waals surface area contributed by atoms with Crippen LogP contribution in [0.2, 0.25) is 0 Å². The van der Waals surface area contributed by atoms with Gasteiger partial charge in [0.05, 0.1) is 0 Å². The Morgan fingerprint density at radius 3 is 2.55 bits per heavy atom. The van der Waals surface area contributed by atoms with Gasteiger partial charge in [-0.25, -0.2) is 0 Å². The van der Waals surface area contributed by atoms with Crippen molar-refractivity contribution in [3.05, 3.63) is 53.0 Å². The molecule has 2 heterocycles. The van der Waals surface area contributed by atoms with Gasteiger partial charge in [-0.2, -0.15) is 4.37 Å². The summed E-state index contributed by atoms with van der Waals surface area (Å²) in [5, 5.41) is 11.7. The molecule has 0 radical (unpaired) electrons. The standard InChI is InChI=1S/C17H20N2O2S/c20-13-17(12-14-4-2-1-3-5-14)7-9-19(10-8-17)16(21)15-6-11-22-18-15/h1-6,11,20H,7-10,12-13H2. The number of benzene rings is 1. The van der Waals surface area contributed by atoms with Crippen LogP contribution >= 0.6 is 11.5 Å². The minimum atomic E-state index is -0.111. The zero-order chi connectivity index (χ0) is 15.4. The number of likely N-dealkylation sites (tertiary alicyclic amines) is 1. The summed E-state index contributed by atoms with van der Waals surface area (Å²) >= 11 is 1.30. The molecule has 116 valence electrons. The van der Waals surface area contributed by atoms with Crippen LogP contribution in [0.25, 0.3) is 0 Å². The molecule has 3 rings (SSSR count). The molecule has 0 saturated carbocycles. The summed E-state index contributed by atoms with van der Waals surface area (Å²) in [6, 6.07) is 12.0. The van der Waals surface area contributed by atoms with E-state index < -0.39 is 0 Å². The van der Waals surface area contributed by atoms with Gasteiger partial charge in [0.1, 0.15) is 5.69 Å². The van der Waals surface area contributed by atoms with Gasteiger partial charge in [0.15, 0.2) is 0 Å². The van der Waals surface area contributed by atoms with E-state index in [0.717, 1.165) is 19.3 Å². The van der Waals surface area contributed by atoms with Crippen molar-refractivity contribution in [1.29, 1.82) is 0 Å². The molecule has 1 fully saturated rings. The molecule has 5 heteroatoms. The minimum absolute atomic E-state index is 0.00695. The van der Waals surface area contributed by atoms with Crippen molar-refractivity contribution in [3.63, 3.8) is 0 Å². The SMILES string of the molecule is O=C(c1ccsn1)N1CCC(CO)(Cc2ccccc2)CC1. The molecular formula is C17H20N2O2S. The number of carbonyl (C=O) groups excluding carboxylic acids is 1. The molecule has 1 aliphatic heterocycles. The largest absolute Gasteiger partial charge is 0.396 e. The zero-order valence-corrected chi connectivity index (χ0v) is 13.3. The van der Waals surface area contributed by atoms with E-state index >= 15 is 0 Å². The number of piperidine rings is 1. The molecular weight excluding hydrogens is 296 g/mol. The maximum Gasteiger partial charge on any atom is 0.273 e. The molecule has 1 saturated heterocycles. The fourth-order valence-electron chi connectivity index (χ4n) is 3.09. The first-order valence-electron chi connectivity index (χ1n) is 7.57. The Labute approximate surface area is 134 Å². The molecule has 1 aromatic heterocycles. The molecule has 0 atom stereocenters. The fraction of sp³-hybridized carbons (Fsp3) is 0.412. The van der Waals surface area contributed by atoms with Crippen LogP contribution in [0.3, 0.4) is 0 Å². The number of hydrogen-bond donors (Lipinski definition) is 1. The second-order valence-electron chi connectivity index (χ2n) is 6.00. The van der Waals surface area contributed by atoms with Crippen molar-refractivity contribution < 1.29 is 9.90 Å². The summed E-state index contributed by atoms with van der Waals surface area (Å²) in [5.41, 5.74) is 1.67. The van der Waals surface area contributed by atoms with E-state index in [0.29, 0.717) is 18.8 Å². The molecule has 22 heavy (non-hydrogen) atoms. The normalized spacial score (nSPS) is 17.4. The first-order valence-corrected chi connectivity index (χ1v) is 8.41. The lowest BCUT2D eigenvalue weighted by atomic mass is 9.74. The number of aliphatic hydroxyl groups excluding tert-OH is 1. The van der Waals surface area contributed by atoms with Gasteiger partial charge in [-0.05, 0) is 42.4 Å². The zero-order valence-electron chi connectivity index (χ0n) is 12.4. The van der Waals surface area contributed by atoms with Gasteiger partial charge in [0.2, 0.25) is 0 Å². The smallest absolute Gasteiger partial charge is 0.273 e. The third-order valence-electron chi connectivity index (χ3n) is 4.53. The lowest BCUT2D eigenvalue weighted by molar-refractivity contribution is 0.0355. The Kier molecular flexibility index (Phi) is 4.55. The van der Waals surface area contributed by atoms with Gasteiger partial charge >= 0.3 is 0 Å². The van der Waals surface area contributed by atoms with Crippen LogP contribution in [0, 0.1) is 5.41 Å². The topological polar surface area (TPSA) is 53.4 Å². The third-order valence-corrected chi connectivity index (χ3v) is 5.09. The van der Waals surface area contributed by atoms with E-state index in [4.69, 9.17) is 0 Å². The summed E-state index contributed by atoms with van der Waals surface area (Å²) in [4.78, 5) is 14.2. The molecule has 4 nitrogen and oxygen atoms in total. The number of rotatable bonds is 4. The molecule has 1 N–H and O–H groups in total. The van der Waals surface area contributed by atoms with Gasteiger partial charge in [-0.3, -0.25) is 4.79 Å². The van der Waals surface area contributed by atoms with Crippen molar-refractivity contribution in [2.45, 2.75) is 19.3 Å². The van der Waals surface area contributed by atoms with Crippen molar-refractivity contribution in [3.8, 4) is 0 Å². The van der Waals surface area contributed by atoms with Gasteiger partial charge in [0, 0.05) is 30.5 Å². The fourth-order valence-corrected chi connectivity index (χ4v) is 3.59. The third kappa shape index (κ3) is 3.20. The van der Waals surface area contributed by atoms with E-state index in [9.17, 15) is 9.90 Å². The van der Waals surface area contributed by atoms with Crippen molar-refractivity contribution >= 4 is 17.4 Å². The number of aliphatic hydroxyl groups is 1. The first-order chi connectivity index (χ1) is 10.7. The Morgan fingerprint density at radius 1 is 1.23 bits per heavy atom. The van der Waals surface area contributed by atoms with E-state index in [1.165, 1.54) is 17.1 Å². The van der Waals surface area contributed by atoms with Crippen molar-refractivity contribution in [1.82, 2.24) is 9.27 Å². The second-order valence-corrected chi connectivity index (χ2v) is 6.66. The molecule has 0 bridgehead atoms. The van der Waals surface area contributed by atoms with Crippen molar-refractivity contribution in [2.24, 2.45) is 5.41 Å². The summed E-state index contributed by atoms with van der Waals surface area (Å²) < 4.78 is 4.12. The average molecular weight is 316 g/mol. The van der Waals surface area contributed by atoms with E-state index in [1.807, 2.05) is 28.5 Å². The molecule has 1 aromatic carbocycles. The lowest BCUT2D eigenvalue weighted by Gasteiger charge is -2.40. The van der Waals surface area contributed by atoms with E-state index in [-0.39, 0.29) is 17.9 Å². The van der Waals surface area contributed by atoms with Gasteiger partial charge in [-0.15, -0.1) is 0 Å². The van der Waals surface area contributed by atoms with Gasteiger partial charge < -0.3 is 10.0 Å². The maximum atomic E-state index is 12.3. The quantitative estimate of drug-likeness (QED) is 0.943. The number of hydrogen-bond acceptors (Lipinski definition) is 4. The summed E-state index contributed by atoms with van der Waals surface area (Å²) in [5.74, 6) is 0.00695. The minimum Gasteiger partial charge on any atom is -0.396 e. The van der Waals surface area contributed by atoms with Crippen LogP contribution in [0.4, 0.5) is 0 Å². The highest BCUT2D eigenvalue weighted by atomic mass is 32.1. The van der Waals surface area contributed by atoms with E-state index in [1.54, 1.807) is 6.07 Å². The lowest BCUT2D eigenvalue weighted by Crippen LogP contribution is -2.45. The Bertz CT molecular complexity index is 605. The molecule has 0 aliphatic carbocycles. The number of aromatic nitrogens is 1. The number of carbonyl (C=O) groups is 1. The highest BCUT2D eigenvalue weighted by Gasteiger charge is 2.36. The van der Waals surface area contributed by atoms with Gasteiger partial charge in [-0.1, -0.05) is 30.3 Å². The van der Waals surface area contributed by atoms with Crippen molar-refractivity contribution in [2.75, 3.05) is 19.7 Å². The molecule has 0 unspecified atom stereocenters. The molecule has 1 aliphatic rings. The predicted molar refractivity (Wildman–Crippen MR) is 86.9 cm³/mol. The van der Waals surface area contributed by atoms with Crippen LogP contribution in [-0.4, -0.2) is 40.0 Å². The molecule has 1 amide bonds.